The first-order valence-corrected chi connectivity index (χ1v) is 5.61. The second kappa shape index (κ2) is 3.54. The van der Waals surface area contributed by atoms with Crippen LogP contribution >= 0.6 is 0 Å². The molecule has 80 valence electrons. The van der Waals surface area contributed by atoms with Crippen molar-refractivity contribution in [3.63, 3.8) is 0 Å². The molecule has 1 heterocycles. The number of amides is 1. The molecule has 1 aliphatic carbocycles. The highest BCUT2D eigenvalue weighted by Gasteiger charge is 2.49. The van der Waals surface area contributed by atoms with Crippen molar-refractivity contribution in [3.05, 3.63) is 0 Å². The second-order valence-corrected chi connectivity index (χ2v) is 4.81. The summed E-state index contributed by atoms with van der Waals surface area (Å²) in [6.45, 7) is 1.93. The lowest BCUT2D eigenvalue weighted by Crippen LogP contribution is -2.37. The smallest absolute Gasteiger partial charge is 0.230 e. The molecule has 1 spiro atoms. The van der Waals surface area contributed by atoms with Crippen LogP contribution in [0.15, 0.2) is 0 Å². The zero-order valence-corrected chi connectivity index (χ0v) is 8.83. The molecule has 1 atom stereocenters. The van der Waals surface area contributed by atoms with Crippen molar-refractivity contribution >= 4 is 5.91 Å². The van der Waals surface area contributed by atoms with Crippen LogP contribution in [-0.2, 0) is 4.79 Å². The summed E-state index contributed by atoms with van der Waals surface area (Å²) in [5.41, 5.74) is -0.0968. The predicted octanol–water partition coefficient (Wildman–Crippen LogP) is 1.51. The number of likely N-dealkylation sites (tertiary alicyclic amines) is 1. The van der Waals surface area contributed by atoms with E-state index in [1.807, 2.05) is 6.92 Å². The number of hydrogen-bond acceptors (Lipinski definition) is 2. The van der Waals surface area contributed by atoms with Crippen molar-refractivity contribution < 1.29 is 9.90 Å². The Bertz CT molecular complexity index is 233. The van der Waals surface area contributed by atoms with Gasteiger partial charge in [0, 0.05) is 6.04 Å². The van der Waals surface area contributed by atoms with Gasteiger partial charge in [0.2, 0.25) is 5.91 Å². The summed E-state index contributed by atoms with van der Waals surface area (Å²) in [6, 6.07) is 0.227. The van der Waals surface area contributed by atoms with E-state index >= 15 is 0 Å². The third kappa shape index (κ3) is 1.34. The minimum absolute atomic E-state index is 0.0968. The van der Waals surface area contributed by atoms with Gasteiger partial charge in [0.05, 0.1) is 5.41 Å². The first kappa shape index (κ1) is 9.97. The lowest BCUT2D eigenvalue weighted by molar-refractivity contribution is -0.141. The molecule has 0 radical (unpaired) electrons. The Morgan fingerprint density at radius 1 is 1.43 bits per heavy atom. The monoisotopic (exact) mass is 197 g/mol. The number of nitrogens with zero attached hydrogens (tertiary/aromatic N) is 1. The summed E-state index contributed by atoms with van der Waals surface area (Å²) in [5.74, 6) is 0.201. The Hall–Kier alpha value is -0.570. The maximum absolute atomic E-state index is 12.1. The average molecular weight is 197 g/mol. The molecule has 0 aromatic heterocycles. The van der Waals surface area contributed by atoms with Crippen LogP contribution in [0.3, 0.4) is 0 Å². The Balaban J connectivity index is 2.17. The van der Waals surface area contributed by atoms with E-state index < -0.39 is 0 Å². The normalized spacial score (nSPS) is 31.4. The standard InChI is InChI=1S/C11H19NO2/c1-9-7-11(5-3-2-4-6-11)10(14)12(9)8-13/h9,13H,2-8H2,1H3. The van der Waals surface area contributed by atoms with Gasteiger partial charge in [-0.15, -0.1) is 0 Å². The molecule has 3 nitrogen and oxygen atoms in total. The summed E-state index contributed by atoms with van der Waals surface area (Å²) in [7, 11) is 0. The quantitative estimate of drug-likeness (QED) is 0.692. The summed E-state index contributed by atoms with van der Waals surface area (Å²) in [4.78, 5) is 13.7. The van der Waals surface area contributed by atoms with Gasteiger partial charge >= 0.3 is 0 Å². The van der Waals surface area contributed by atoms with Gasteiger partial charge in [-0.05, 0) is 26.2 Å². The van der Waals surface area contributed by atoms with Crippen molar-refractivity contribution in [2.45, 2.75) is 51.5 Å². The highest BCUT2D eigenvalue weighted by molar-refractivity contribution is 5.85. The summed E-state index contributed by atoms with van der Waals surface area (Å²) in [5, 5.41) is 9.13. The van der Waals surface area contributed by atoms with Crippen molar-refractivity contribution in [2.75, 3.05) is 6.73 Å². The Morgan fingerprint density at radius 2 is 2.07 bits per heavy atom. The number of aliphatic hydroxyl groups is 1. The zero-order chi connectivity index (χ0) is 10.2. The van der Waals surface area contributed by atoms with E-state index in [4.69, 9.17) is 5.11 Å². The number of hydrogen-bond donors (Lipinski definition) is 1. The SMILES string of the molecule is CC1CC2(CCCCC2)C(=O)N1CO. The minimum atomic E-state index is -0.109. The molecule has 2 rings (SSSR count). The second-order valence-electron chi connectivity index (χ2n) is 4.81. The Kier molecular flexibility index (Phi) is 2.52. The largest absolute Gasteiger partial charge is 0.376 e. The van der Waals surface area contributed by atoms with E-state index in [2.05, 4.69) is 0 Å². The molecular formula is C11H19NO2. The van der Waals surface area contributed by atoms with Gasteiger partial charge in [0.15, 0.2) is 0 Å². The van der Waals surface area contributed by atoms with Crippen LogP contribution in [0.4, 0.5) is 0 Å². The van der Waals surface area contributed by atoms with Crippen LogP contribution in [0, 0.1) is 5.41 Å². The fraction of sp³-hybridized carbons (Fsp3) is 0.909. The van der Waals surface area contributed by atoms with Gasteiger partial charge in [0.25, 0.3) is 0 Å². The third-order valence-electron chi connectivity index (χ3n) is 3.90. The van der Waals surface area contributed by atoms with Crippen LogP contribution in [0.2, 0.25) is 0 Å². The highest BCUT2D eigenvalue weighted by atomic mass is 16.3. The molecule has 14 heavy (non-hydrogen) atoms. The van der Waals surface area contributed by atoms with Crippen molar-refractivity contribution in [1.29, 1.82) is 0 Å². The third-order valence-corrected chi connectivity index (χ3v) is 3.90. The summed E-state index contributed by atoms with van der Waals surface area (Å²) >= 11 is 0. The van der Waals surface area contributed by atoms with Gasteiger partial charge in [-0.1, -0.05) is 19.3 Å². The van der Waals surface area contributed by atoms with Gasteiger partial charge in [-0.2, -0.15) is 0 Å². The summed E-state index contributed by atoms with van der Waals surface area (Å²) < 4.78 is 0. The zero-order valence-electron chi connectivity index (χ0n) is 8.83. The molecule has 1 N–H and O–H groups in total. The maximum atomic E-state index is 12.1. The lowest BCUT2D eigenvalue weighted by Gasteiger charge is -2.31. The molecule has 1 aliphatic heterocycles. The van der Waals surface area contributed by atoms with E-state index in [1.54, 1.807) is 4.90 Å². The van der Waals surface area contributed by atoms with Crippen LogP contribution in [0.5, 0.6) is 0 Å². The van der Waals surface area contributed by atoms with Gasteiger partial charge in [0.1, 0.15) is 6.73 Å². The number of carbonyl (C=O) groups excluding carboxylic acids is 1. The first-order valence-electron chi connectivity index (χ1n) is 5.61. The van der Waals surface area contributed by atoms with Crippen molar-refractivity contribution in [1.82, 2.24) is 4.90 Å². The minimum Gasteiger partial charge on any atom is -0.376 e. The van der Waals surface area contributed by atoms with Crippen LogP contribution < -0.4 is 0 Å². The van der Waals surface area contributed by atoms with Gasteiger partial charge in [-0.3, -0.25) is 4.79 Å². The predicted molar refractivity (Wildman–Crippen MR) is 53.5 cm³/mol. The van der Waals surface area contributed by atoms with E-state index in [9.17, 15) is 4.79 Å². The number of aliphatic hydroxyl groups excluding tert-OH is 1. The molecule has 0 aromatic carbocycles. The molecule has 2 fully saturated rings. The van der Waals surface area contributed by atoms with E-state index in [0.29, 0.717) is 0 Å². The maximum Gasteiger partial charge on any atom is 0.230 e. The van der Waals surface area contributed by atoms with E-state index in [-0.39, 0.29) is 24.1 Å². The molecule has 1 amide bonds. The van der Waals surface area contributed by atoms with Crippen molar-refractivity contribution in [2.24, 2.45) is 5.41 Å². The van der Waals surface area contributed by atoms with Crippen LogP contribution in [0.1, 0.15) is 45.4 Å². The topological polar surface area (TPSA) is 40.5 Å². The molecule has 2 aliphatic rings. The summed E-state index contributed by atoms with van der Waals surface area (Å²) in [6.07, 6.45) is 6.64. The van der Waals surface area contributed by atoms with Gasteiger partial charge in [-0.25, -0.2) is 0 Å². The highest BCUT2D eigenvalue weighted by Crippen LogP contribution is 2.46. The first-order chi connectivity index (χ1) is 6.69. The fourth-order valence-electron chi connectivity index (χ4n) is 3.12. The number of rotatable bonds is 1. The number of carbonyl (C=O) groups is 1. The molecule has 1 saturated heterocycles. The molecular weight excluding hydrogens is 178 g/mol. The van der Waals surface area contributed by atoms with E-state index in [0.717, 1.165) is 19.3 Å². The molecule has 0 bridgehead atoms. The van der Waals surface area contributed by atoms with Crippen molar-refractivity contribution in [3.8, 4) is 0 Å². The Labute approximate surface area is 85.1 Å². The Morgan fingerprint density at radius 3 is 2.57 bits per heavy atom. The molecule has 3 heteroatoms. The van der Waals surface area contributed by atoms with Crippen LogP contribution in [0.25, 0.3) is 0 Å². The van der Waals surface area contributed by atoms with E-state index in [1.165, 1.54) is 19.3 Å². The van der Waals surface area contributed by atoms with Gasteiger partial charge < -0.3 is 10.0 Å². The fourth-order valence-corrected chi connectivity index (χ4v) is 3.12. The lowest BCUT2D eigenvalue weighted by atomic mass is 9.72. The molecule has 1 unspecified atom stereocenters. The average Bonchev–Trinajstić information content (AvgIpc) is 2.40. The molecule has 0 aromatic rings. The molecule has 1 saturated carbocycles. The van der Waals surface area contributed by atoms with Crippen LogP contribution in [-0.4, -0.2) is 28.7 Å².